The number of benzene rings is 1. The molecule has 1 amide bonds. The number of hydrogen-bond donors (Lipinski definition) is 1. The number of aryl methyl sites for hydroxylation is 3. The van der Waals surface area contributed by atoms with Crippen LogP contribution in [0.25, 0.3) is 44.8 Å². The number of imidazole rings is 1. The minimum Gasteiger partial charge on any atom is -0.494 e. The van der Waals surface area contributed by atoms with E-state index < -0.39 is 0 Å². The largest absolute Gasteiger partial charge is 0.494 e. The van der Waals surface area contributed by atoms with Crippen LogP contribution in [0, 0.1) is 18.8 Å². The van der Waals surface area contributed by atoms with Crippen molar-refractivity contribution in [1.82, 2.24) is 28.6 Å². The number of amides is 1. The number of likely N-dealkylation sites (tertiary alicyclic amines) is 1. The van der Waals surface area contributed by atoms with E-state index in [-0.39, 0.29) is 23.6 Å². The summed E-state index contributed by atoms with van der Waals surface area (Å²) in [6, 6.07) is 11.8. The topological polar surface area (TPSA) is 113 Å². The fraction of sp³-hybridized carbons (Fsp3) is 0.412. The summed E-state index contributed by atoms with van der Waals surface area (Å²) in [5.74, 6) is 2.40. The SMILES string of the molecule is COc1cc(C(=O)N2CC3CCC2[C@@H]3N)cc2nc(-c3cc4ccc(-c5cn(C)c(=O)cc5C)nc4n3CC3CC3)n(C)c12. The lowest BCUT2D eigenvalue weighted by Gasteiger charge is -2.27. The second-order valence-electron chi connectivity index (χ2n) is 13.0. The summed E-state index contributed by atoms with van der Waals surface area (Å²) in [7, 11) is 5.40. The second-order valence-corrected chi connectivity index (χ2v) is 13.0. The van der Waals surface area contributed by atoms with Crippen molar-refractivity contribution in [2.75, 3.05) is 13.7 Å². The smallest absolute Gasteiger partial charge is 0.254 e. The molecular formula is C34H37N7O3. The third kappa shape index (κ3) is 4.11. The maximum absolute atomic E-state index is 13.7. The number of methoxy groups -OCH3 is 1. The monoisotopic (exact) mass is 591 g/mol. The highest BCUT2D eigenvalue weighted by atomic mass is 16.5. The van der Waals surface area contributed by atoms with Gasteiger partial charge in [0.25, 0.3) is 11.5 Å². The van der Waals surface area contributed by atoms with Gasteiger partial charge in [0.2, 0.25) is 0 Å². The van der Waals surface area contributed by atoms with Crippen molar-refractivity contribution in [3.8, 4) is 28.5 Å². The lowest BCUT2D eigenvalue weighted by molar-refractivity contribution is 0.0700. The van der Waals surface area contributed by atoms with Crippen LogP contribution in [-0.4, -0.2) is 60.2 Å². The molecule has 0 radical (unpaired) electrons. The third-order valence-electron chi connectivity index (χ3n) is 10.1. The van der Waals surface area contributed by atoms with E-state index in [4.69, 9.17) is 20.4 Å². The highest BCUT2D eigenvalue weighted by Gasteiger charge is 2.47. The highest BCUT2D eigenvalue weighted by molar-refractivity contribution is 6.00. The molecular weight excluding hydrogens is 554 g/mol. The van der Waals surface area contributed by atoms with E-state index in [1.807, 2.05) is 43.3 Å². The first kappa shape index (κ1) is 27.1. The second kappa shape index (κ2) is 9.79. The van der Waals surface area contributed by atoms with E-state index in [9.17, 15) is 9.59 Å². The number of ether oxygens (including phenoxy) is 1. The third-order valence-corrected chi connectivity index (χ3v) is 10.1. The molecule has 2 bridgehead atoms. The Labute approximate surface area is 255 Å². The van der Waals surface area contributed by atoms with E-state index in [0.717, 1.165) is 69.8 Å². The van der Waals surface area contributed by atoms with Crippen molar-refractivity contribution in [3.05, 3.63) is 64.1 Å². The van der Waals surface area contributed by atoms with Gasteiger partial charge in [0, 0.05) is 68.0 Å². The summed E-state index contributed by atoms with van der Waals surface area (Å²) in [5, 5.41) is 1.03. The first-order chi connectivity index (χ1) is 21.2. The van der Waals surface area contributed by atoms with Crippen LogP contribution in [-0.2, 0) is 20.6 Å². The van der Waals surface area contributed by atoms with E-state index in [2.05, 4.69) is 21.3 Å². The number of nitrogens with two attached hydrogens (primary N) is 1. The van der Waals surface area contributed by atoms with Gasteiger partial charge in [0.1, 0.15) is 16.9 Å². The maximum Gasteiger partial charge on any atom is 0.254 e. The van der Waals surface area contributed by atoms with Crippen LogP contribution in [0.15, 0.2) is 47.4 Å². The lowest BCUT2D eigenvalue weighted by atomic mass is 10.1. The van der Waals surface area contributed by atoms with Crippen molar-refractivity contribution in [2.24, 2.45) is 31.7 Å². The molecule has 5 heterocycles. The number of pyridine rings is 2. The van der Waals surface area contributed by atoms with Gasteiger partial charge in [-0.1, -0.05) is 0 Å². The molecule has 10 nitrogen and oxygen atoms in total. The molecule has 44 heavy (non-hydrogen) atoms. The molecule has 226 valence electrons. The molecule has 1 aliphatic heterocycles. The summed E-state index contributed by atoms with van der Waals surface area (Å²) in [6.07, 6.45) is 6.31. The summed E-state index contributed by atoms with van der Waals surface area (Å²) in [5.41, 5.74) is 13.1. The zero-order valence-corrected chi connectivity index (χ0v) is 25.6. The van der Waals surface area contributed by atoms with E-state index in [1.54, 1.807) is 24.8 Å². The van der Waals surface area contributed by atoms with Gasteiger partial charge in [0.05, 0.1) is 24.0 Å². The molecule has 3 atom stereocenters. The van der Waals surface area contributed by atoms with Crippen LogP contribution in [0.5, 0.6) is 5.75 Å². The van der Waals surface area contributed by atoms with Crippen molar-refractivity contribution in [2.45, 2.75) is 51.2 Å². The van der Waals surface area contributed by atoms with Crippen LogP contribution in [0.2, 0.25) is 0 Å². The maximum atomic E-state index is 13.7. The van der Waals surface area contributed by atoms with Crippen LogP contribution >= 0.6 is 0 Å². The van der Waals surface area contributed by atoms with E-state index >= 15 is 0 Å². The Morgan fingerprint density at radius 2 is 1.89 bits per heavy atom. The first-order valence-corrected chi connectivity index (χ1v) is 15.5. The zero-order valence-electron chi connectivity index (χ0n) is 25.6. The number of nitrogens with zero attached hydrogens (tertiary/aromatic N) is 6. The molecule has 1 saturated heterocycles. The molecule has 8 rings (SSSR count). The molecule has 2 aliphatic carbocycles. The van der Waals surface area contributed by atoms with E-state index in [1.165, 1.54) is 12.8 Å². The quantitative estimate of drug-likeness (QED) is 0.316. The summed E-state index contributed by atoms with van der Waals surface area (Å²) < 4.78 is 11.8. The molecule has 2 saturated carbocycles. The Bertz CT molecular complexity index is 2050. The number of aromatic nitrogens is 5. The predicted molar refractivity (Wildman–Crippen MR) is 170 cm³/mol. The average Bonchev–Trinajstić information content (AvgIpc) is 3.42. The fourth-order valence-corrected chi connectivity index (χ4v) is 7.46. The summed E-state index contributed by atoms with van der Waals surface area (Å²) in [4.78, 5) is 38.1. The van der Waals surface area contributed by atoms with Crippen molar-refractivity contribution in [1.29, 1.82) is 0 Å². The lowest BCUT2D eigenvalue weighted by Crippen LogP contribution is -2.41. The van der Waals surface area contributed by atoms with Crippen LogP contribution in [0.3, 0.4) is 0 Å². The number of hydrogen-bond acceptors (Lipinski definition) is 6. The van der Waals surface area contributed by atoms with Gasteiger partial charge in [-0.2, -0.15) is 0 Å². The highest BCUT2D eigenvalue weighted by Crippen LogP contribution is 2.40. The average molecular weight is 592 g/mol. The van der Waals surface area contributed by atoms with Gasteiger partial charge in [-0.15, -0.1) is 0 Å². The number of piperidine rings is 1. The molecule has 1 aromatic carbocycles. The van der Waals surface area contributed by atoms with Crippen molar-refractivity contribution < 1.29 is 9.53 Å². The van der Waals surface area contributed by atoms with Crippen molar-refractivity contribution >= 4 is 28.0 Å². The van der Waals surface area contributed by atoms with Gasteiger partial charge in [-0.3, -0.25) is 9.59 Å². The molecule has 4 aromatic heterocycles. The van der Waals surface area contributed by atoms with Crippen LogP contribution < -0.4 is 16.0 Å². The number of rotatable bonds is 6. The van der Waals surface area contributed by atoms with Gasteiger partial charge in [-0.05, 0) is 80.3 Å². The molecule has 2 N–H and O–H groups in total. The number of carbonyl (C=O) groups excluding carboxylic acids is 1. The Kier molecular flexibility index (Phi) is 6.03. The number of fused-ring (bicyclic) bond motifs is 4. The van der Waals surface area contributed by atoms with E-state index in [0.29, 0.717) is 29.7 Å². The summed E-state index contributed by atoms with van der Waals surface area (Å²) in [6.45, 7) is 3.52. The van der Waals surface area contributed by atoms with Crippen LogP contribution in [0.4, 0.5) is 0 Å². The normalized spacial score (nSPS) is 21.2. The molecule has 2 unspecified atom stereocenters. The Morgan fingerprint density at radius 1 is 1.07 bits per heavy atom. The molecule has 0 spiro atoms. The molecule has 3 aliphatic rings. The zero-order chi connectivity index (χ0) is 30.4. The predicted octanol–water partition coefficient (Wildman–Crippen LogP) is 4.24. The molecule has 5 aromatic rings. The minimum absolute atomic E-state index is 0.00617. The van der Waals surface area contributed by atoms with Gasteiger partial charge < -0.3 is 29.1 Å². The van der Waals surface area contributed by atoms with Gasteiger partial charge >= 0.3 is 0 Å². The standard InChI is InChI=1S/C34H37N7O3/c1-18-11-29(42)38(2)17-23(18)24-9-7-20-13-27(40(32(20)36-24)15-19-5-6-19)33-37-25-12-22(14-28(44-4)31(25)39(33)3)34(43)41-16-21-8-10-26(41)30(21)35/h7,9,11-14,17,19,21,26,30H,5-6,8,10,15-16,35H2,1-4H3/t21?,26?,30-/m1/s1. The fourth-order valence-electron chi connectivity index (χ4n) is 7.46. The van der Waals surface area contributed by atoms with Crippen LogP contribution in [0.1, 0.15) is 41.6 Å². The summed E-state index contributed by atoms with van der Waals surface area (Å²) >= 11 is 0. The molecule has 10 heteroatoms. The van der Waals surface area contributed by atoms with Crippen molar-refractivity contribution in [3.63, 3.8) is 0 Å². The Hall–Kier alpha value is -4.44. The number of carbonyl (C=O) groups is 1. The Balaban J connectivity index is 1.25. The van der Waals surface area contributed by atoms with Gasteiger partial charge in [-0.25, -0.2) is 9.97 Å². The Morgan fingerprint density at radius 3 is 2.59 bits per heavy atom. The first-order valence-electron chi connectivity index (χ1n) is 15.5. The minimum atomic E-state index is -0.0369. The van der Waals surface area contributed by atoms with Gasteiger partial charge in [0.15, 0.2) is 5.82 Å². The molecule has 3 fully saturated rings.